The Balaban J connectivity index is 0.885. The van der Waals surface area contributed by atoms with Crippen LogP contribution in [0.1, 0.15) is 90.2 Å². The maximum atomic E-state index is 12.9. The van der Waals surface area contributed by atoms with Gasteiger partial charge in [0.2, 0.25) is 24.1 Å². The standard InChI is InChI=1S/C50H62N2O18/c1-25-33(65-47-37(57)35(55)41(63-7)49(3,4)69-47)21-19-27-23-29(45(61)67-39(25)27)51-43(59)31(53)17-15-13-11-9-10-12-14-16-18-32(54)44(60)52-30-24-28-20-22-34(26(2)40(28)68-46(30)62)66-48-38(58)36(56)42(64-8)50(5,6)70-48/h9-10,19-24,35-38,41-42,47-48,55-58H,11-18H2,1-8H3,(H,51,59)(H,52,60)/b10-9+/t35-,36-,37+,38+,41+,42+,47+,48+/m0/s1. The van der Waals surface area contributed by atoms with E-state index in [0.29, 0.717) is 60.4 Å². The second-order valence-corrected chi connectivity index (χ2v) is 18.5. The second-order valence-electron chi connectivity index (χ2n) is 18.5. The Kier molecular flexibility index (Phi) is 17.2. The molecule has 2 aliphatic rings. The Morgan fingerprint density at radius 3 is 1.33 bits per heavy atom. The summed E-state index contributed by atoms with van der Waals surface area (Å²) < 4.78 is 45.2. The fourth-order valence-electron chi connectivity index (χ4n) is 8.64. The van der Waals surface area contributed by atoms with Crippen LogP contribution >= 0.6 is 0 Å². The molecule has 6 N–H and O–H groups in total. The minimum absolute atomic E-state index is 0.0472. The van der Waals surface area contributed by atoms with E-state index in [-0.39, 0.29) is 46.9 Å². The monoisotopic (exact) mass is 978 g/mol. The van der Waals surface area contributed by atoms with E-state index in [4.69, 9.17) is 37.3 Å². The first kappa shape index (κ1) is 53.5. The van der Waals surface area contributed by atoms with Crippen molar-refractivity contribution in [3.63, 3.8) is 0 Å². The van der Waals surface area contributed by atoms with Gasteiger partial charge < -0.3 is 68.3 Å². The summed E-state index contributed by atoms with van der Waals surface area (Å²) in [6.45, 7) is 10.0. The molecule has 2 amide bonds. The third kappa shape index (κ3) is 12.0. The smallest absolute Gasteiger partial charge is 0.360 e. The molecule has 0 bridgehead atoms. The highest BCUT2D eigenvalue weighted by Crippen LogP contribution is 2.37. The molecule has 0 unspecified atom stereocenters. The van der Waals surface area contributed by atoms with Crippen molar-refractivity contribution in [3.05, 3.63) is 80.5 Å². The van der Waals surface area contributed by atoms with E-state index in [0.717, 1.165) is 0 Å². The molecule has 4 aromatic rings. The maximum absolute atomic E-state index is 12.9. The van der Waals surface area contributed by atoms with E-state index in [2.05, 4.69) is 10.6 Å². The predicted octanol–water partition coefficient (Wildman–Crippen LogP) is 4.41. The number of methoxy groups -OCH3 is 2. The van der Waals surface area contributed by atoms with E-state index in [1.54, 1.807) is 65.8 Å². The van der Waals surface area contributed by atoms with Crippen LogP contribution in [-0.2, 0) is 38.1 Å². The average Bonchev–Trinajstić information content (AvgIpc) is 3.30. The van der Waals surface area contributed by atoms with E-state index in [9.17, 15) is 49.2 Å². The number of anilines is 2. The molecule has 20 heteroatoms. The van der Waals surface area contributed by atoms with Crippen molar-refractivity contribution in [2.24, 2.45) is 0 Å². The number of ketones is 2. The maximum Gasteiger partial charge on any atom is 0.360 e. The number of hydrogen-bond acceptors (Lipinski definition) is 18. The van der Waals surface area contributed by atoms with Crippen molar-refractivity contribution < 1.29 is 76.9 Å². The van der Waals surface area contributed by atoms with Crippen molar-refractivity contribution in [2.45, 2.75) is 153 Å². The number of ether oxygens (including phenoxy) is 6. The molecule has 0 spiro atoms. The lowest BCUT2D eigenvalue weighted by atomic mass is 9.89. The van der Waals surface area contributed by atoms with Crippen LogP contribution in [0.15, 0.2) is 67.0 Å². The number of rotatable bonds is 20. The third-order valence-corrected chi connectivity index (χ3v) is 12.5. The first-order valence-electron chi connectivity index (χ1n) is 23.0. The Morgan fingerprint density at radius 2 is 0.971 bits per heavy atom. The summed E-state index contributed by atoms with van der Waals surface area (Å²) in [7, 11) is 2.80. The third-order valence-electron chi connectivity index (χ3n) is 12.5. The Labute approximate surface area is 402 Å². The lowest BCUT2D eigenvalue weighted by Crippen LogP contribution is -2.63. The first-order chi connectivity index (χ1) is 33.1. The average molecular weight is 979 g/mol. The molecule has 0 saturated carbocycles. The van der Waals surface area contributed by atoms with Crippen LogP contribution in [0.25, 0.3) is 21.9 Å². The van der Waals surface area contributed by atoms with Gasteiger partial charge in [-0.15, -0.1) is 0 Å². The summed E-state index contributed by atoms with van der Waals surface area (Å²) in [5.74, 6) is -2.89. The Bertz CT molecular complexity index is 2540. The summed E-state index contributed by atoms with van der Waals surface area (Å²) in [4.78, 5) is 76.4. The van der Waals surface area contributed by atoms with E-state index in [1.807, 2.05) is 12.2 Å². The largest absolute Gasteiger partial charge is 0.462 e. The quantitative estimate of drug-likeness (QED) is 0.0309. The molecule has 70 heavy (non-hydrogen) atoms. The molecule has 2 fully saturated rings. The number of aryl methyl sites for hydroxylation is 2. The topological polar surface area (TPSA) is 289 Å². The van der Waals surface area contributed by atoms with Gasteiger partial charge in [0.25, 0.3) is 11.8 Å². The van der Waals surface area contributed by atoms with Gasteiger partial charge in [-0.2, -0.15) is 0 Å². The molecule has 0 aliphatic carbocycles. The lowest BCUT2D eigenvalue weighted by Gasteiger charge is -2.46. The zero-order chi connectivity index (χ0) is 51.2. The van der Waals surface area contributed by atoms with Crippen LogP contribution in [0.2, 0.25) is 0 Å². The SMILES string of the molecule is CO[C@@H]1[C@@H](O)[C@@H](O)[C@H](Oc2ccc3cc(NC(=O)C(=O)CCCC/C=C/CCCCC(=O)C(=O)Nc4cc5ccc(O[C@@H]6OC(C)(C)[C@H](OC)[C@@H](O)[C@H]6O)c(C)c5oc4=O)c(=O)oc3c2C)OC1(C)C. The van der Waals surface area contributed by atoms with Gasteiger partial charge in [-0.25, -0.2) is 9.59 Å². The highest BCUT2D eigenvalue weighted by molar-refractivity contribution is 6.41. The highest BCUT2D eigenvalue weighted by atomic mass is 16.7. The van der Waals surface area contributed by atoms with Crippen molar-refractivity contribution >= 4 is 56.7 Å². The minimum atomic E-state index is -1.44. The number of fused-ring (bicyclic) bond motifs is 2. The molecule has 20 nitrogen and oxygen atoms in total. The number of nitrogens with one attached hydrogen (secondary N) is 2. The van der Waals surface area contributed by atoms with Gasteiger partial charge in [0.15, 0.2) is 0 Å². The predicted molar refractivity (Wildman–Crippen MR) is 253 cm³/mol. The second kappa shape index (κ2) is 22.5. The number of carbonyl (C=O) groups excluding carboxylic acids is 4. The molecule has 0 radical (unpaired) electrons. The normalized spacial score (nSPS) is 24.1. The zero-order valence-corrected chi connectivity index (χ0v) is 40.4. The van der Waals surface area contributed by atoms with E-state index < -0.39 is 95.0 Å². The summed E-state index contributed by atoms with van der Waals surface area (Å²) in [5.41, 5.74) is -3.14. The number of aliphatic hydroxyl groups excluding tert-OH is 4. The molecule has 2 saturated heterocycles. The van der Waals surface area contributed by atoms with Crippen molar-refractivity contribution in [3.8, 4) is 11.5 Å². The zero-order valence-electron chi connectivity index (χ0n) is 40.4. The number of allylic oxidation sites excluding steroid dienone is 2. The van der Waals surface area contributed by atoms with Crippen LogP contribution < -0.4 is 31.4 Å². The van der Waals surface area contributed by atoms with Crippen molar-refractivity contribution in [1.29, 1.82) is 0 Å². The molecule has 2 aliphatic heterocycles. The number of carbonyl (C=O) groups is 4. The highest BCUT2D eigenvalue weighted by Gasteiger charge is 2.52. The number of unbranched alkanes of at least 4 members (excludes halogenated alkanes) is 4. The number of hydrogen-bond donors (Lipinski definition) is 6. The van der Waals surface area contributed by atoms with Crippen LogP contribution in [0, 0.1) is 13.8 Å². The minimum Gasteiger partial charge on any atom is -0.462 e. The van der Waals surface area contributed by atoms with Crippen LogP contribution in [0.3, 0.4) is 0 Å². The molecule has 380 valence electrons. The van der Waals surface area contributed by atoms with E-state index in [1.165, 1.54) is 26.4 Å². The van der Waals surface area contributed by atoms with Gasteiger partial charge in [-0.3, -0.25) is 19.2 Å². The molecule has 4 heterocycles. The van der Waals surface area contributed by atoms with Crippen molar-refractivity contribution in [2.75, 3.05) is 24.9 Å². The van der Waals surface area contributed by atoms with Crippen LogP contribution in [0.5, 0.6) is 11.5 Å². The fraction of sp³-hybridized carbons (Fsp3) is 0.520. The lowest BCUT2D eigenvalue weighted by molar-refractivity contribution is -0.306. The summed E-state index contributed by atoms with van der Waals surface area (Å²) in [5, 5.41) is 48.0. The number of Topliss-reactive ketones (excluding diaryl/α,β-unsaturated/α-hetero) is 2. The molecule has 2 aromatic heterocycles. The number of benzene rings is 2. The Morgan fingerprint density at radius 1 is 0.600 bits per heavy atom. The summed E-state index contributed by atoms with van der Waals surface area (Å²) in [6.07, 6.45) is -2.56. The molecular formula is C50H62N2O18. The van der Waals surface area contributed by atoms with Gasteiger partial charge in [0.1, 0.15) is 70.7 Å². The first-order valence-corrected chi connectivity index (χ1v) is 23.0. The van der Waals surface area contributed by atoms with E-state index >= 15 is 0 Å². The summed E-state index contributed by atoms with van der Waals surface area (Å²) >= 11 is 0. The molecule has 6 rings (SSSR count). The van der Waals surface area contributed by atoms with Gasteiger partial charge in [-0.1, -0.05) is 12.2 Å². The Hall–Kier alpha value is -5.84. The van der Waals surface area contributed by atoms with Gasteiger partial charge in [-0.05, 0) is 116 Å². The molecule has 8 atom stereocenters. The van der Waals surface area contributed by atoms with Crippen molar-refractivity contribution in [1.82, 2.24) is 0 Å². The van der Waals surface area contributed by atoms with Gasteiger partial charge in [0.05, 0.1) is 11.2 Å². The summed E-state index contributed by atoms with van der Waals surface area (Å²) in [6, 6.07) is 9.03. The molecule has 2 aromatic carbocycles. The fourth-order valence-corrected chi connectivity index (χ4v) is 8.64. The van der Waals surface area contributed by atoms with Crippen LogP contribution in [0.4, 0.5) is 11.4 Å². The number of amides is 2. The van der Waals surface area contributed by atoms with Crippen LogP contribution in [-0.4, -0.2) is 118 Å². The van der Waals surface area contributed by atoms with Gasteiger partial charge in [0, 0.05) is 49.0 Å². The number of aliphatic hydroxyl groups is 4. The molecular weight excluding hydrogens is 917 g/mol. The van der Waals surface area contributed by atoms with Gasteiger partial charge >= 0.3 is 11.3 Å².